The molecule has 0 radical (unpaired) electrons. The minimum Gasteiger partial charge on any atom is -0.381 e. The summed E-state index contributed by atoms with van der Waals surface area (Å²) in [7, 11) is -3.44. The summed E-state index contributed by atoms with van der Waals surface area (Å²) < 4.78 is 26.2. The molecule has 0 aliphatic rings. The number of carbonyl (C=O) groups is 1. The molecule has 6 nitrogen and oxygen atoms in total. The summed E-state index contributed by atoms with van der Waals surface area (Å²) >= 11 is 0. The van der Waals surface area contributed by atoms with Crippen LogP contribution in [0.1, 0.15) is 56.1 Å². The molecule has 29 heavy (non-hydrogen) atoms. The summed E-state index contributed by atoms with van der Waals surface area (Å²) in [5.74, 6) is -0.0806. The van der Waals surface area contributed by atoms with E-state index in [1.165, 1.54) is 0 Å². The van der Waals surface area contributed by atoms with Crippen LogP contribution >= 0.6 is 0 Å². The van der Waals surface area contributed by atoms with E-state index in [9.17, 15) is 13.2 Å². The molecule has 1 amide bonds. The quantitative estimate of drug-likeness (QED) is 0.627. The minimum absolute atomic E-state index is 0.0806. The second-order valence-corrected chi connectivity index (χ2v) is 10.9. The number of benzene rings is 2. The highest BCUT2D eigenvalue weighted by Crippen LogP contribution is 2.21. The zero-order valence-electron chi connectivity index (χ0n) is 18.0. The Morgan fingerprint density at radius 3 is 2.17 bits per heavy atom. The number of amides is 1. The van der Waals surface area contributed by atoms with Crippen LogP contribution in [0.2, 0.25) is 0 Å². The van der Waals surface area contributed by atoms with E-state index in [0.29, 0.717) is 17.8 Å². The molecule has 0 aromatic heterocycles. The molecule has 0 aliphatic heterocycles. The molecule has 0 unspecified atom stereocenters. The predicted molar refractivity (Wildman–Crippen MR) is 120 cm³/mol. The van der Waals surface area contributed by atoms with Crippen LogP contribution in [0.3, 0.4) is 0 Å². The van der Waals surface area contributed by atoms with Gasteiger partial charge in [0.25, 0.3) is 5.91 Å². The highest BCUT2D eigenvalue weighted by atomic mass is 32.2. The fourth-order valence-electron chi connectivity index (χ4n) is 2.54. The third kappa shape index (κ3) is 6.22. The molecule has 0 aliphatic carbocycles. The lowest BCUT2D eigenvalue weighted by atomic mass is 10.1. The van der Waals surface area contributed by atoms with Gasteiger partial charge in [-0.05, 0) is 83.0 Å². The molecule has 158 valence electrons. The second kappa shape index (κ2) is 8.86. The number of carbonyl (C=O) groups excluding carboxylic acids is 1. The van der Waals surface area contributed by atoms with Crippen molar-refractivity contribution in [3.05, 3.63) is 59.2 Å². The third-order valence-electron chi connectivity index (χ3n) is 4.40. The number of anilines is 2. The minimum atomic E-state index is -3.44. The molecule has 0 heterocycles. The maximum Gasteiger partial charge on any atom is 0.251 e. The number of sulfonamides is 1. The maximum atomic E-state index is 12.2. The Morgan fingerprint density at radius 1 is 1.03 bits per heavy atom. The SMILES string of the molecule is Cc1cc(C(=O)NC(C)C)ccc1NCc1ccc(NS(=O)(=O)C(C)(C)C)cc1. The maximum absolute atomic E-state index is 12.2. The topological polar surface area (TPSA) is 87.3 Å². The zero-order chi connectivity index (χ0) is 21.8. The van der Waals surface area contributed by atoms with Crippen LogP contribution in [0, 0.1) is 6.92 Å². The highest BCUT2D eigenvalue weighted by molar-refractivity contribution is 7.94. The van der Waals surface area contributed by atoms with Crippen LogP contribution in [-0.2, 0) is 16.6 Å². The fraction of sp³-hybridized carbons (Fsp3) is 0.409. The molecule has 2 aromatic carbocycles. The molecule has 2 aromatic rings. The second-order valence-electron chi connectivity index (χ2n) is 8.43. The first-order chi connectivity index (χ1) is 13.4. The van der Waals surface area contributed by atoms with E-state index in [2.05, 4.69) is 15.4 Å². The van der Waals surface area contributed by atoms with Crippen LogP contribution in [-0.4, -0.2) is 25.1 Å². The van der Waals surface area contributed by atoms with Gasteiger partial charge in [-0.15, -0.1) is 0 Å². The molecule has 0 saturated heterocycles. The van der Waals surface area contributed by atoms with E-state index >= 15 is 0 Å². The smallest absolute Gasteiger partial charge is 0.251 e. The van der Waals surface area contributed by atoms with Crippen molar-refractivity contribution in [2.75, 3.05) is 10.0 Å². The van der Waals surface area contributed by atoms with Gasteiger partial charge in [-0.1, -0.05) is 12.1 Å². The van der Waals surface area contributed by atoms with Crippen molar-refractivity contribution in [3.8, 4) is 0 Å². The molecule has 0 saturated carbocycles. The van der Waals surface area contributed by atoms with Gasteiger partial charge >= 0.3 is 0 Å². The summed E-state index contributed by atoms with van der Waals surface area (Å²) in [6, 6.07) is 12.9. The number of nitrogens with one attached hydrogen (secondary N) is 3. The van der Waals surface area contributed by atoms with E-state index in [-0.39, 0.29) is 11.9 Å². The van der Waals surface area contributed by atoms with Gasteiger partial charge in [0.2, 0.25) is 10.0 Å². The molecule has 0 spiro atoms. The van der Waals surface area contributed by atoms with Crippen LogP contribution in [0.5, 0.6) is 0 Å². The molecule has 0 bridgehead atoms. The Kier molecular flexibility index (Phi) is 6.95. The lowest BCUT2D eigenvalue weighted by molar-refractivity contribution is 0.0943. The van der Waals surface area contributed by atoms with Crippen molar-refractivity contribution in [2.45, 2.75) is 58.9 Å². The monoisotopic (exact) mass is 417 g/mol. The van der Waals surface area contributed by atoms with E-state index < -0.39 is 14.8 Å². The Hall–Kier alpha value is -2.54. The van der Waals surface area contributed by atoms with Crippen molar-refractivity contribution in [1.82, 2.24) is 5.32 Å². The summed E-state index contributed by atoms with van der Waals surface area (Å²) in [6.07, 6.45) is 0. The van der Waals surface area contributed by atoms with Gasteiger partial charge in [0.05, 0.1) is 4.75 Å². The lowest BCUT2D eigenvalue weighted by Gasteiger charge is -2.20. The molecule has 0 atom stereocenters. The molecular formula is C22H31N3O3S. The van der Waals surface area contributed by atoms with Gasteiger partial charge in [0.15, 0.2) is 0 Å². The van der Waals surface area contributed by atoms with Crippen molar-refractivity contribution in [3.63, 3.8) is 0 Å². The van der Waals surface area contributed by atoms with Crippen LogP contribution < -0.4 is 15.4 Å². The summed E-state index contributed by atoms with van der Waals surface area (Å²) in [6.45, 7) is 11.4. The molecule has 2 rings (SSSR count). The zero-order valence-corrected chi connectivity index (χ0v) is 18.8. The number of hydrogen-bond donors (Lipinski definition) is 3. The highest BCUT2D eigenvalue weighted by Gasteiger charge is 2.28. The molecular weight excluding hydrogens is 386 g/mol. The summed E-state index contributed by atoms with van der Waals surface area (Å²) in [5, 5.41) is 6.24. The van der Waals surface area contributed by atoms with E-state index in [4.69, 9.17) is 0 Å². The van der Waals surface area contributed by atoms with Crippen molar-refractivity contribution in [1.29, 1.82) is 0 Å². The number of aryl methyl sites for hydroxylation is 1. The Morgan fingerprint density at radius 2 is 1.66 bits per heavy atom. The first kappa shape index (κ1) is 22.7. The molecule has 7 heteroatoms. The van der Waals surface area contributed by atoms with E-state index in [1.807, 2.05) is 45.0 Å². The Balaban J connectivity index is 2.01. The Labute approximate surface area is 174 Å². The first-order valence-electron chi connectivity index (χ1n) is 9.66. The molecule has 3 N–H and O–H groups in total. The predicted octanol–water partition coefficient (Wildman–Crippen LogP) is 4.29. The van der Waals surface area contributed by atoms with Crippen LogP contribution in [0.15, 0.2) is 42.5 Å². The standard InChI is InChI=1S/C22H31N3O3S/c1-15(2)24-21(26)18-9-12-20(16(3)13-18)23-14-17-7-10-19(11-8-17)25-29(27,28)22(4,5)6/h7-13,15,23,25H,14H2,1-6H3,(H,24,26). The van der Waals surface area contributed by atoms with Crippen LogP contribution in [0.4, 0.5) is 11.4 Å². The average molecular weight is 418 g/mol. The van der Waals surface area contributed by atoms with Gasteiger partial charge in [-0.25, -0.2) is 8.42 Å². The summed E-state index contributed by atoms with van der Waals surface area (Å²) in [5.41, 5.74) is 4.13. The number of rotatable bonds is 7. The lowest BCUT2D eigenvalue weighted by Crippen LogP contribution is -2.33. The first-order valence-corrected chi connectivity index (χ1v) is 11.1. The normalized spacial score (nSPS) is 12.0. The van der Waals surface area contributed by atoms with Crippen LogP contribution in [0.25, 0.3) is 0 Å². The van der Waals surface area contributed by atoms with Gasteiger partial charge in [-0.3, -0.25) is 9.52 Å². The van der Waals surface area contributed by atoms with Gasteiger partial charge in [-0.2, -0.15) is 0 Å². The van der Waals surface area contributed by atoms with E-state index in [0.717, 1.165) is 16.8 Å². The van der Waals surface area contributed by atoms with Gasteiger partial charge in [0.1, 0.15) is 0 Å². The van der Waals surface area contributed by atoms with Crippen molar-refractivity contribution >= 4 is 27.3 Å². The number of hydrogen-bond acceptors (Lipinski definition) is 4. The average Bonchev–Trinajstić information content (AvgIpc) is 2.60. The summed E-state index contributed by atoms with van der Waals surface area (Å²) in [4.78, 5) is 12.1. The molecule has 0 fully saturated rings. The van der Waals surface area contributed by atoms with Gasteiger partial charge in [0, 0.05) is 29.5 Å². The largest absolute Gasteiger partial charge is 0.381 e. The Bertz CT molecular complexity index is 960. The third-order valence-corrected chi connectivity index (χ3v) is 6.52. The van der Waals surface area contributed by atoms with Crippen molar-refractivity contribution < 1.29 is 13.2 Å². The van der Waals surface area contributed by atoms with Crippen molar-refractivity contribution in [2.24, 2.45) is 0 Å². The van der Waals surface area contributed by atoms with E-state index in [1.54, 1.807) is 39.0 Å². The fourth-order valence-corrected chi connectivity index (χ4v) is 3.30. The van der Waals surface area contributed by atoms with Gasteiger partial charge < -0.3 is 10.6 Å².